The predicted molar refractivity (Wildman–Crippen MR) is 42.9 cm³/mol. The van der Waals surface area contributed by atoms with Gasteiger partial charge in [0, 0.05) is 26.1 Å². The van der Waals surface area contributed by atoms with Gasteiger partial charge in [0.05, 0.1) is 0 Å². The molecule has 0 aromatic heterocycles. The average Bonchev–Trinajstić information content (AvgIpc) is 2.35. The summed E-state index contributed by atoms with van der Waals surface area (Å²) in [5, 5.41) is 4.87. The van der Waals surface area contributed by atoms with Crippen molar-refractivity contribution in [3.8, 4) is 0 Å². The third kappa shape index (κ3) is 2.48. The number of hydrogen-bond acceptors (Lipinski definition) is 3. The van der Waals surface area contributed by atoms with Gasteiger partial charge in [0.2, 0.25) is 5.91 Å². The summed E-state index contributed by atoms with van der Waals surface area (Å²) in [6.07, 6.45) is 1.65. The standard InChI is InChI=1S/C7H15N3O/c1-8-10(2)5-6-3-4-7(11)9-6/h6,8H,3-5H2,1-2H3,(H,9,11). The summed E-state index contributed by atoms with van der Waals surface area (Å²) in [5.41, 5.74) is 2.99. The molecular weight excluding hydrogens is 142 g/mol. The molecule has 1 atom stereocenters. The van der Waals surface area contributed by atoms with Crippen LogP contribution < -0.4 is 10.7 Å². The van der Waals surface area contributed by atoms with Crippen LogP contribution in [0, 0.1) is 0 Å². The van der Waals surface area contributed by atoms with Gasteiger partial charge < -0.3 is 5.32 Å². The van der Waals surface area contributed by atoms with E-state index in [1.807, 2.05) is 19.1 Å². The summed E-state index contributed by atoms with van der Waals surface area (Å²) >= 11 is 0. The summed E-state index contributed by atoms with van der Waals surface area (Å²) in [5.74, 6) is 0.180. The SMILES string of the molecule is CNN(C)CC1CCC(=O)N1. The fraction of sp³-hybridized carbons (Fsp3) is 0.857. The van der Waals surface area contributed by atoms with E-state index in [-0.39, 0.29) is 5.91 Å². The number of hydrazine groups is 1. The summed E-state index contributed by atoms with van der Waals surface area (Å²) in [6.45, 7) is 0.877. The van der Waals surface area contributed by atoms with Gasteiger partial charge in [-0.25, -0.2) is 5.01 Å². The Balaban J connectivity index is 2.22. The van der Waals surface area contributed by atoms with Crippen LogP contribution in [0.2, 0.25) is 0 Å². The Hall–Kier alpha value is -0.610. The first-order valence-corrected chi connectivity index (χ1v) is 3.90. The van der Waals surface area contributed by atoms with Crippen LogP contribution in [0.3, 0.4) is 0 Å². The minimum Gasteiger partial charge on any atom is -0.352 e. The second-order valence-electron chi connectivity index (χ2n) is 2.91. The minimum absolute atomic E-state index is 0.180. The summed E-state index contributed by atoms with van der Waals surface area (Å²) in [4.78, 5) is 10.8. The van der Waals surface area contributed by atoms with Crippen molar-refractivity contribution in [2.24, 2.45) is 0 Å². The molecule has 1 rings (SSSR count). The van der Waals surface area contributed by atoms with Gasteiger partial charge in [0.25, 0.3) is 0 Å². The maximum absolute atomic E-state index is 10.8. The molecule has 0 bridgehead atoms. The second kappa shape index (κ2) is 3.69. The number of carbonyl (C=O) groups is 1. The van der Waals surface area contributed by atoms with Crippen LogP contribution >= 0.6 is 0 Å². The molecule has 0 aromatic rings. The van der Waals surface area contributed by atoms with Crippen LogP contribution in [0.4, 0.5) is 0 Å². The van der Waals surface area contributed by atoms with Crippen molar-refractivity contribution in [3.05, 3.63) is 0 Å². The number of hydrogen-bond donors (Lipinski definition) is 2. The van der Waals surface area contributed by atoms with Gasteiger partial charge in [-0.2, -0.15) is 0 Å². The molecule has 1 heterocycles. The van der Waals surface area contributed by atoms with Crippen LogP contribution in [-0.4, -0.2) is 37.6 Å². The van der Waals surface area contributed by atoms with Crippen LogP contribution in [0.15, 0.2) is 0 Å². The molecule has 1 aliphatic rings. The topological polar surface area (TPSA) is 44.4 Å². The molecule has 0 radical (unpaired) electrons. The van der Waals surface area contributed by atoms with E-state index >= 15 is 0 Å². The Labute approximate surface area is 66.9 Å². The van der Waals surface area contributed by atoms with E-state index < -0.39 is 0 Å². The summed E-state index contributed by atoms with van der Waals surface area (Å²) in [6, 6.07) is 0.333. The van der Waals surface area contributed by atoms with E-state index in [4.69, 9.17) is 0 Å². The van der Waals surface area contributed by atoms with E-state index in [9.17, 15) is 4.79 Å². The highest BCUT2D eigenvalue weighted by molar-refractivity contribution is 5.78. The summed E-state index contributed by atoms with van der Waals surface area (Å²) in [7, 11) is 3.83. The molecule has 11 heavy (non-hydrogen) atoms. The zero-order chi connectivity index (χ0) is 8.27. The third-order valence-corrected chi connectivity index (χ3v) is 1.96. The number of rotatable bonds is 3. The molecule has 0 saturated carbocycles. The van der Waals surface area contributed by atoms with Gasteiger partial charge >= 0.3 is 0 Å². The third-order valence-electron chi connectivity index (χ3n) is 1.96. The van der Waals surface area contributed by atoms with Crippen LogP contribution in [-0.2, 0) is 4.79 Å². The lowest BCUT2D eigenvalue weighted by molar-refractivity contribution is -0.119. The van der Waals surface area contributed by atoms with Gasteiger partial charge in [-0.1, -0.05) is 0 Å². The zero-order valence-electron chi connectivity index (χ0n) is 7.05. The Kier molecular flexibility index (Phi) is 2.84. The number of amides is 1. The highest BCUT2D eigenvalue weighted by atomic mass is 16.1. The van der Waals surface area contributed by atoms with Crippen molar-refractivity contribution >= 4 is 5.91 Å². The molecule has 1 amide bonds. The molecule has 4 heteroatoms. The van der Waals surface area contributed by atoms with Crippen molar-refractivity contribution in [1.29, 1.82) is 0 Å². The van der Waals surface area contributed by atoms with E-state index in [0.717, 1.165) is 13.0 Å². The van der Waals surface area contributed by atoms with E-state index in [1.54, 1.807) is 0 Å². The number of likely N-dealkylation sites (N-methyl/N-ethyl adjacent to an activating group) is 1. The van der Waals surface area contributed by atoms with Gasteiger partial charge in [0.15, 0.2) is 0 Å². The van der Waals surface area contributed by atoms with Crippen molar-refractivity contribution < 1.29 is 4.79 Å². The van der Waals surface area contributed by atoms with E-state index in [2.05, 4.69) is 10.7 Å². The number of nitrogens with one attached hydrogen (secondary N) is 2. The van der Waals surface area contributed by atoms with Gasteiger partial charge in [0.1, 0.15) is 0 Å². The van der Waals surface area contributed by atoms with Gasteiger partial charge in [-0.3, -0.25) is 10.2 Å². The Bertz CT molecular complexity index is 149. The Morgan fingerprint density at radius 3 is 3.00 bits per heavy atom. The first-order chi connectivity index (χ1) is 5.22. The molecule has 2 N–H and O–H groups in total. The number of nitrogens with zero attached hydrogens (tertiary/aromatic N) is 1. The number of carbonyl (C=O) groups excluding carboxylic acids is 1. The lowest BCUT2D eigenvalue weighted by atomic mass is 10.2. The Morgan fingerprint density at radius 2 is 2.55 bits per heavy atom. The largest absolute Gasteiger partial charge is 0.352 e. The zero-order valence-corrected chi connectivity index (χ0v) is 7.05. The lowest BCUT2D eigenvalue weighted by Crippen LogP contribution is -2.41. The maximum Gasteiger partial charge on any atom is 0.220 e. The molecule has 1 fully saturated rings. The predicted octanol–water partition coefficient (Wildman–Crippen LogP) is -0.669. The first kappa shape index (κ1) is 8.49. The molecule has 0 aromatic carbocycles. The molecule has 1 saturated heterocycles. The lowest BCUT2D eigenvalue weighted by Gasteiger charge is -2.19. The molecule has 0 aliphatic carbocycles. The fourth-order valence-corrected chi connectivity index (χ4v) is 1.24. The molecule has 64 valence electrons. The molecule has 1 unspecified atom stereocenters. The smallest absolute Gasteiger partial charge is 0.220 e. The normalized spacial score (nSPS) is 24.3. The monoisotopic (exact) mass is 157 g/mol. The van der Waals surface area contributed by atoms with Crippen molar-refractivity contribution in [1.82, 2.24) is 15.8 Å². The van der Waals surface area contributed by atoms with Crippen molar-refractivity contribution in [3.63, 3.8) is 0 Å². The van der Waals surface area contributed by atoms with Gasteiger partial charge in [-0.05, 0) is 13.5 Å². The first-order valence-electron chi connectivity index (χ1n) is 3.90. The van der Waals surface area contributed by atoms with E-state index in [0.29, 0.717) is 12.5 Å². The van der Waals surface area contributed by atoms with Crippen LogP contribution in [0.5, 0.6) is 0 Å². The minimum atomic E-state index is 0.180. The molecular formula is C7H15N3O. The summed E-state index contributed by atoms with van der Waals surface area (Å²) < 4.78 is 0. The highest BCUT2D eigenvalue weighted by Gasteiger charge is 2.21. The molecule has 0 spiro atoms. The van der Waals surface area contributed by atoms with Crippen LogP contribution in [0.1, 0.15) is 12.8 Å². The van der Waals surface area contributed by atoms with Crippen molar-refractivity contribution in [2.75, 3.05) is 20.6 Å². The average molecular weight is 157 g/mol. The highest BCUT2D eigenvalue weighted by Crippen LogP contribution is 2.06. The van der Waals surface area contributed by atoms with Gasteiger partial charge in [-0.15, -0.1) is 0 Å². The van der Waals surface area contributed by atoms with E-state index in [1.165, 1.54) is 0 Å². The van der Waals surface area contributed by atoms with Crippen LogP contribution in [0.25, 0.3) is 0 Å². The molecule has 1 aliphatic heterocycles. The maximum atomic E-state index is 10.8. The van der Waals surface area contributed by atoms with Crippen molar-refractivity contribution in [2.45, 2.75) is 18.9 Å². The molecule has 4 nitrogen and oxygen atoms in total. The second-order valence-corrected chi connectivity index (χ2v) is 2.91. The fourth-order valence-electron chi connectivity index (χ4n) is 1.24. The Morgan fingerprint density at radius 1 is 1.82 bits per heavy atom. The quantitative estimate of drug-likeness (QED) is 0.534.